The second-order valence-corrected chi connectivity index (χ2v) is 7.38. The van der Waals surface area contributed by atoms with Crippen molar-refractivity contribution in [1.82, 2.24) is 5.32 Å². The van der Waals surface area contributed by atoms with Gasteiger partial charge in [-0.15, -0.1) is 0 Å². The van der Waals surface area contributed by atoms with Crippen LogP contribution in [0, 0.1) is 5.92 Å². The lowest BCUT2D eigenvalue weighted by molar-refractivity contribution is 0.515. The van der Waals surface area contributed by atoms with Crippen LogP contribution in [0.25, 0.3) is 0 Å². The van der Waals surface area contributed by atoms with Gasteiger partial charge in [0.05, 0.1) is 4.75 Å². The van der Waals surface area contributed by atoms with Crippen molar-refractivity contribution in [2.45, 2.75) is 38.0 Å². The predicted octanol–water partition coefficient (Wildman–Crippen LogP) is 0.808. The fourth-order valence-corrected chi connectivity index (χ4v) is 1.46. The zero-order chi connectivity index (χ0) is 10.3. The summed E-state index contributed by atoms with van der Waals surface area (Å²) < 4.78 is 22.0. The van der Waals surface area contributed by atoms with Gasteiger partial charge in [0.1, 0.15) is 0 Å². The molecule has 0 saturated heterocycles. The maximum atomic E-state index is 11.3. The number of nitrogens with one attached hydrogen (secondary N) is 1. The third kappa shape index (κ3) is 2.68. The van der Waals surface area contributed by atoms with Gasteiger partial charge in [-0.3, -0.25) is 0 Å². The number of sulfone groups is 1. The Kier molecular flexibility index (Phi) is 2.74. The molecule has 1 rings (SSSR count). The number of hydrogen-bond donors (Lipinski definition) is 1. The van der Waals surface area contributed by atoms with Crippen molar-refractivity contribution < 1.29 is 8.42 Å². The summed E-state index contributed by atoms with van der Waals surface area (Å²) in [6.45, 7) is 6.26. The lowest BCUT2D eigenvalue weighted by Gasteiger charge is -2.22. The topological polar surface area (TPSA) is 46.2 Å². The van der Waals surface area contributed by atoms with Crippen LogP contribution in [-0.4, -0.2) is 32.0 Å². The van der Waals surface area contributed by atoms with Crippen molar-refractivity contribution in [3.63, 3.8) is 0 Å². The van der Waals surface area contributed by atoms with Gasteiger partial charge in [0.15, 0.2) is 9.84 Å². The molecule has 0 heterocycles. The molecule has 1 aliphatic carbocycles. The first-order valence-corrected chi connectivity index (χ1v) is 6.56. The van der Waals surface area contributed by atoms with Crippen molar-refractivity contribution in [3.05, 3.63) is 0 Å². The van der Waals surface area contributed by atoms with E-state index in [2.05, 4.69) is 12.2 Å². The molecule has 1 fully saturated rings. The normalized spacial score (nSPS) is 28.9. The molecule has 0 amide bonds. The Morgan fingerprint density at radius 3 is 2.23 bits per heavy atom. The second-order valence-electron chi connectivity index (χ2n) is 4.73. The second kappa shape index (κ2) is 3.24. The highest BCUT2D eigenvalue weighted by Crippen LogP contribution is 2.29. The van der Waals surface area contributed by atoms with E-state index in [1.54, 1.807) is 13.8 Å². The summed E-state index contributed by atoms with van der Waals surface area (Å²) >= 11 is 0. The first-order valence-electron chi connectivity index (χ1n) is 4.67. The Balaban J connectivity index is 2.43. The van der Waals surface area contributed by atoms with E-state index in [0.29, 0.717) is 12.6 Å². The molecule has 3 nitrogen and oxygen atoms in total. The van der Waals surface area contributed by atoms with Gasteiger partial charge >= 0.3 is 0 Å². The fourth-order valence-electron chi connectivity index (χ4n) is 1.11. The zero-order valence-electron chi connectivity index (χ0n) is 8.79. The quantitative estimate of drug-likeness (QED) is 0.738. The van der Waals surface area contributed by atoms with E-state index in [1.807, 2.05) is 0 Å². The van der Waals surface area contributed by atoms with E-state index in [4.69, 9.17) is 0 Å². The average Bonchev–Trinajstić information content (AvgIpc) is 2.60. The summed E-state index contributed by atoms with van der Waals surface area (Å²) in [4.78, 5) is 0. The molecule has 4 heteroatoms. The number of hydrogen-bond acceptors (Lipinski definition) is 3. The van der Waals surface area contributed by atoms with Crippen molar-refractivity contribution >= 4 is 9.84 Å². The van der Waals surface area contributed by atoms with Gasteiger partial charge < -0.3 is 5.32 Å². The van der Waals surface area contributed by atoms with Gasteiger partial charge in [0.25, 0.3) is 0 Å². The standard InChI is InChI=1S/C9H19NO2S/c1-7-5-8(7)10-6-9(2,3)13(4,11)12/h7-8,10H,5-6H2,1-4H3. The molecule has 0 aromatic heterocycles. The fraction of sp³-hybridized carbons (Fsp3) is 1.00. The van der Waals surface area contributed by atoms with Crippen LogP contribution in [0.4, 0.5) is 0 Å². The van der Waals surface area contributed by atoms with E-state index in [0.717, 1.165) is 5.92 Å². The minimum atomic E-state index is -2.95. The van der Waals surface area contributed by atoms with Gasteiger partial charge in [-0.25, -0.2) is 8.42 Å². The van der Waals surface area contributed by atoms with Crippen LogP contribution in [-0.2, 0) is 9.84 Å². The predicted molar refractivity (Wildman–Crippen MR) is 54.5 cm³/mol. The Hall–Kier alpha value is -0.0900. The molecule has 0 spiro atoms. The van der Waals surface area contributed by atoms with Gasteiger partial charge in [0, 0.05) is 18.8 Å². The molecular formula is C9H19NO2S. The summed E-state index contributed by atoms with van der Waals surface area (Å²) in [6.07, 6.45) is 2.48. The van der Waals surface area contributed by atoms with Crippen LogP contribution in [0.5, 0.6) is 0 Å². The maximum Gasteiger partial charge on any atom is 0.153 e. The Labute approximate surface area is 80.8 Å². The third-order valence-electron chi connectivity index (χ3n) is 2.90. The summed E-state index contributed by atoms with van der Waals surface area (Å²) in [5.74, 6) is 0.718. The highest BCUT2D eigenvalue weighted by atomic mass is 32.2. The van der Waals surface area contributed by atoms with Gasteiger partial charge in [-0.2, -0.15) is 0 Å². The molecule has 0 aromatic rings. The SMILES string of the molecule is CC1CC1NCC(C)(C)S(C)(=O)=O. The number of rotatable bonds is 4. The van der Waals surface area contributed by atoms with E-state index in [1.165, 1.54) is 12.7 Å². The van der Waals surface area contributed by atoms with Gasteiger partial charge in [-0.05, 0) is 26.2 Å². The molecule has 2 atom stereocenters. The Morgan fingerprint density at radius 1 is 1.46 bits per heavy atom. The molecule has 2 unspecified atom stereocenters. The highest BCUT2D eigenvalue weighted by Gasteiger charge is 2.36. The van der Waals surface area contributed by atoms with E-state index >= 15 is 0 Å². The van der Waals surface area contributed by atoms with Crippen molar-refractivity contribution in [2.75, 3.05) is 12.8 Å². The smallest absolute Gasteiger partial charge is 0.153 e. The van der Waals surface area contributed by atoms with E-state index in [9.17, 15) is 8.42 Å². The Bertz CT molecular complexity index is 282. The van der Waals surface area contributed by atoms with Crippen LogP contribution in [0.2, 0.25) is 0 Å². The first-order chi connectivity index (χ1) is 5.74. The largest absolute Gasteiger partial charge is 0.312 e. The maximum absolute atomic E-state index is 11.3. The average molecular weight is 205 g/mol. The minimum absolute atomic E-state index is 0.543. The third-order valence-corrected chi connectivity index (χ3v) is 5.06. The summed E-state index contributed by atoms with van der Waals surface area (Å²) in [5.41, 5.74) is 0. The monoisotopic (exact) mass is 205 g/mol. The lowest BCUT2D eigenvalue weighted by atomic mass is 10.2. The molecule has 1 saturated carbocycles. The first kappa shape index (κ1) is 11.0. The van der Waals surface area contributed by atoms with Gasteiger partial charge in [-0.1, -0.05) is 6.92 Å². The molecule has 1 N–H and O–H groups in total. The van der Waals surface area contributed by atoms with Crippen molar-refractivity contribution in [2.24, 2.45) is 5.92 Å². The van der Waals surface area contributed by atoms with Crippen molar-refractivity contribution in [3.8, 4) is 0 Å². The molecule has 13 heavy (non-hydrogen) atoms. The van der Waals surface area contributed by atoms with E-state index < -0.39 is 14.6 Å². The molecule has 0 bridgehead atoms. The van der Waals surface area contributed by atoms with E-state index in [-0.39, 0.29) is 0 Å². The molecule has 0 aromatic carbocycles. The highest BCUT2D eigenvalue weighted by molar-refractivity contribution is 7.92. The van der Waals surface area contributed by atoms with Gasteiger partial charge in [0.2, 0.25) is 0 Å². The van der Waals surface area contributed by atoms with Crippen LogP contribution < -0.4 is 5.32 Å². The summed E-state index contributed by atoms with van der Waals surface area (Å²) in [5, 5.41) is 3.27. The lowest BCUT2D eigenvalue weighted by Crippen LogP contribution is -2.42. The molecule has 0 aliphatic heterocycles. The molecular weight excluding hydrogens is 186 g/mol. The summed E-state index contributed by atoms with van der Waals surface area (Å²) in [6, 6.07) is 0.543. The minimum Gasteiger partial charge on any atom is -0.312 e. The van der Waals surface area contributed by atoms with Crippen LogP contribution in [0.3, 0.4) is 0 Å². The molecule has 0 radical (unpaired) electrons. The molecule has 1 aliphatic rings. The van der Waals surface area contributed by atoms with Crippen LogP contribution in [0.15, 0.2) is 0 Å². The summed E-state index contributed by atoms with van der Waals surface area (Å²) in [7, 11) is -2.95. The Morgan fingerprint density at radius 2 is 1.92 bits per heavy atom. The van der Waals surface area contributed by atoms with Crippen LogP contribution >= 0.6 is 0 Å². The van der Waals surface area contributed by atoms with Crippen molar-refractivity contribution in [1.29, 1.82) is 0 Å². The molecule has 78 valence electrons. The zero-order valence-corrected chi connectivity index (χ0v) is 9.61. The van der Waals surface area contributed by atoms with Crippen LogP contribution in [0.1, 0.15) is 27.2 Å².